The molecule has 112 valence electrons. The first-order valence-electron chi connectivity index (χ1n) is 7.76. The molecule has 0 aliphatic carbocycles. The van der Waals surface area contributed by atoms with Crippen LogP contribution in [0.15, 0.2) is 24.3 Å². The first-order valence-corrected chi connectivity index (χ1v) is 7.76. The SMILES string of the molecule is COc1ccc(CC(CN)CCCC2CCCO2)cc1. The molecular formula is C17H27NO2. The van der Waals surface area contributed by atoms with Crippen LogP contribution in [0.3, 0.4) is 0 Å². The lowest BCUT2D eigenvalue weighted by atomic mass is 9.93. The molecule has 1 aromatic carbocycles. The lowest BCUT2D eigenvalue weighted by Crippen LogP contribution is -2.17. The van der Waals surface area contributed by atoms with Crippen molar-refractivity contribution < 1.29 is 9.47 Å². The second kappa shape index (κ2) is 8.28. The summed E-state index contributed by atoms with van der Waals surface area (Å²) >= 11 is 0. The average molecular weight is 277 g/mol. The molecule has 0 radical (unpaired) electrons. The highest BCUT2D eigenvalue weighted by Gasteiger charge is 2.16. The fraction of sp³-hybridized carbons (Fsp3) is 0.647. The van der Waals surface area contributed by atoms with Crippen molar-refractivity contribution in [2.45, 2.75) is 44.6 Å². The smallest absolute Gasteiger partial charge is 0.118 e. The summed E-state index contributed by atoms with van der Waals surface area (Å²) in [6.45, 7) is 1.72. The Labute approximate surface area is 122 Å². The van der Waals surface area contributed by atoms with Crippen LogP contribution in [0.1, 0.15) is 37.7 Å². The van der Waals surface area contributed by atoms with Gasteiger partial charge in [-0.3, -0.25) is 0 Å². The van der Waals surface area contributed by atoms with Crippen molar-refractivity contribution >= 4 is 0 Å². The Morgan fingerprint density at radius 3 is 2.75 bits per heavy atom. The lowest BCUT2D eigenvalue weighted by Gasteiger charge is -2.16. The fourth-order valence-corrected chi connectivity index (χ4v) is 2.90. The predicted octanol–water partition coefficient (Wildman–Crippen LogP) is 3.16. The minimum atomic E-state index is 0.509. The quantitative estimate of drug-likeness (QED) is 0.794. The van der Waals surface area contributed by atoms with Crippen LogP contribution >= 0.6 is 0 Å². The number of hydrogen-bond acceptors (Lipinski definition) is 3. The number of ether oxygens (including phenoxy) is 2. The molecule has 2 N–H and O–H groups in total. The number of nitrogens with two attached hydrogens (primary N) is 1. The first-order chi connectivity index (χ1) is 9.81. The van der Waals surface area contributed by atoms with Gasteiger partial charge in [-0.05, 0) is 62.3 Å². The van der Waals surface area contributed by atoms with Gasteiger partial charge in [-0.15, -0.1) is 0 Å². The average Bonchev–Trinajstić information content (AvgIpc) is 3.00. The molecule has 0 aromatic heterocycles. The molecule has 1 aliphatic heterocycles. The van der Waals surface area contributed by atoms with E-state index < -0.39 is 0 Å². The zero-order chi connectivity index (χ0) is 14.2. The third-order valence-electron chi connectivity index (χ3n) is 4.18. The van der Waals surface area contributed by atoms with E-state index in [1.54, 1.807) is 7.11 Å². The maximum atomic E-state index is 5.91. The molecular weight excluding hydrogens is 250 g/mol. The summed E-state index contributed by atoms with van der Waals surface area (Å²) in [6.07, 6.45) is 7.66. The van der Waals surface area contributed by atoms with Gasteiger partial charge in [-0.1, -0.05) is 18.6 Å². The molecule has 1 fully saturated rings. The number of methoxy groups -OCH3 is 1. The van der Waals surface area contributed by atoms with Crippen molar-refractivity contribution in [2.75, 3.05) is 20.3 Å². The molecule has 1 heterocycles. The number of benzene rings is 1. The Balaban J connectivity index is 1.72. The standard InChI is InChI=1S/C17H27NO2/c1-19-16-9-7-14(8-10-16)12-15(13-18)4-2-5-17-6-3-11-20-17/h7-10,15,17H,2-6,11-13,18H2,1H3. The molecule has 1 aromatic rings. The molecule has 1 saturated heterocycles. The molecule has 0 saturated carbocycles. The van der Waals surface area contributed by atoms with E-state index in [1.807, 2.05) is 12.1 Å². The predicted molar refractivity (Wildman–Crippen MR) is 82.1 cm³/mol. The minimum Gasteiger partial charge on any atom is -0.497 e. The van der Waals surface area contributed by atoms with Gasteiger partial charge in [0.25, 0.3) is 0 Å². The van der Waals surface area contributed by atoms with Crippen LogP contribution < -0.4 is 10.5 Å². The van der Waals surface area contributed by atoms with Gasteiger partial charge in [0.15, 0.2) is 0 Å². The fourth-order valence-electron chi connectivity index (χ4n) is 2.90. The molecule has 3 heteroatoms. The minimum absolute atomic E-state index is 0.509. The van der Waals surface area contributed by atoms with E-state index in [9.17, 15) is 0 Å². The van der Waals surface area contributed by atoms with Gasteiger partial charge in [0.2, 0.25) is 0 Å². The number of rotatable bonds is 8. The van der Waals surface area contributed by atoms with Crippen LogP contribution in [0.25, 0.3) is 0 Å². The van der Waals surface area contributed by atoms with Gasteiger partial charge in [-0.25, -0.2) is 0 Å². The maximum Gasteiger partial charge on any atom is 0.118 e. The van der Waals surface area contributed by atoms with E-state index in [0.29, 0.717) is 12.0 Å². The van der Waals surface area contributed by atoms with Crippen molar-refractivity contribution in [1.29, 1.82) is 0 Å². The summed E-state index contributed by atoms with van der Waals surface area (Å²) in [5.74, 6) is 1.49. The summed E-state index contributed by atoms with van der Waals surface area (Å²) in [7, 11) is 1.70. The Morgan fingerprint density at radius 2 is 2.15 bits per heavy atom. The Bertz CT molecular complexity index is 371. The van der Waals surface area contributed by atoms with E-state index >= 15 is 0 Å². The normalized spacial score (nSPS) is 20.0. The Kier molecular flexibility index (Phi) is 6.34. The zero-order valence-electron chi connectivity index (χ0n) is 12.5. The van der Waals surface area contributed by atoms with Crippen LogP contribution in [-0.2, 0) is 11.2 Å². The van der Waals surface area contributed by atoms with Crippen molar-refractivity contribution in [3.05, 3.63) is 29.8 Å². The summed E-state index contributed by atoms with van der Waals surface area (Å²) < 4.78 is 10.9. The zero-order valence-corrected chi connectivity index (χ0v) is 12.5. The van der Waals surface area contributed by atoms with Crippen LogP contribution in [0.5, 0.6) is 5.75 Å². The Hall–Kier alpha value is -1.06. The molecule has 0 bridgehead atoms. The van der Waals surface area contributed by atoms with Gasteiger partial charge in [0.1, 0.15) is 5.75 Å². The van der Waals surface area contributed by atoms with E-state index in [4.69, 9.17) is 15.2 Å². The largest absolute Gasteiger partial charge is 0.497 e. The number of hydrogen-bond donors (Lipinski definition) is 1. The van der Waals surface area contributed by atoms with Crippen LogP contribution in [0.4, 0.5) is 0 Å². The molecule has 2 unspecified atom stereocenters. The van der Waals surface area contributed by atoms with Crippen LogP contribution in [-0.4, -0.2) is 26.4 Å². The summed E-state index contributed by atoms with van der Waals surface area (Å²) in [4.78, 5) is 0. The molecule has 2 atom stereocenters. The van der Waals surface area contributed by atoms with Crippen molar-refractivity contribution in [2.24, 2.45) is 11.7 Å². The van der Waals surface area contributed by atoms with Gasteiger partial charge >= 0.3 is 0 Å². The van der Waals surface area contributed by atoms with Crippen molar-refractivity contribution in [3.63, 3.8) is 0 Å². The molecule has 20 heavy (non-hydrogen) atoms. The molecule has 0 spiro atoms. The maximum absolute atomic E-state index is 5.91. The molecule has 1 aliphatic rings. The van der Waals surface area contributed by atoms with Gasteiger partial charge in [0.05, 0.1) is 13.2 Å². The molecule has 3 nitrogen and oxygen atoms in total. The van der Waals surface area contributed by atoms with Gasteiger partial charge in [-0.2, -0.15) is 0 Å². The lowest BCUT2D eigenvalue weighted by molar-refractivity contribution is 0.101. The van der Waals surface area contributed by atoms with Gasteiger partial charge < -0.3 is 15.2 Å². The molecule has 2 rings (SSSR count). The van der Waals surface area contributed by atoms with E-state index in [2.05, 4.69) is 12.1 Å². The highest BCUT2D eigenvalue weighted by Crippen LogP contribution is 2.21. The summed E-state index contributed by atoms with van der Waals surface area (Å²) in [5, 5.41) is 0. The van der Waals surface area contributed by atoms with Crippen molar-refractivity contribution in [3.8, 4) is 5.75 Å². The molecule has 0 amide bonds. The summed E-state index contributed by atoms with van der Waals surface area (Å²) in [6, 6.07) is 8.33. The van der Waals surface area contributed by atoms with E-state index in [1.165, 1.54) is 37.7 Å². The van der Waals surface area contributed by atoms with Crippen LogP contribution in [0, 0.1) is 5.92 Å². The highest BCUT2D eigenvalue weighted by atomic mass is 16.5. The Morgan fingerprint density at radius 1 is 1.35 bits per heavy atom. The summed E-state index contributed by atoms with van der Waals surface area (Å²) in [5.41, 5.74) is 7.26. The topological polar surface area (TPSA) is 44.5 Å². The third kappa shape index (κ3) is 4.80. The first kappa shape index (κ1) is 15.3. The van der Waals surface area contributed by atoms with Crippen molar-refractivity contribution in [1.82, 2.24) is 0 Å². The third-order valence-corrected chi connectivity index (χ3v) is 4.18. The second-order valence-electron chi connectivity index (χ2n) is 5.72. The van der Waals surface area contributed by atoms with E-state index in [-0.39, 0.29) is 0 Å². The van der Waals surface area contributed by atoms with Gasteiger partial charge in [0, 0.05) is 6.61 Å². The second-order valence-corrected chi connectivity index (χ2v) is 5.72. The van der Waals surface area contributed by atoms with E-state index in [0.717, 1.165) is 25.3 Å². The highest BCUT2D eigenvalue weighted by molar-refractivity contribution is 5.27. The van der Waals surface area contributed by atoms with Crippen LogP contribution in [0.2, 0.25) is 0 Å². The monoisotopic (exact) mass is 277 g/mol.